The van der Waals surface area contributed by atoms with Gasteiger partial charge in [0.05, 0.1) is 18.5 Å². The molecule has 2 fully saturated rings. The van der Waals surface area contributed by atoms with Crippen molar-refractivity contribution in [3.63, 3.8) is 0 Å². The van der Waals surface area contributed by atoms with E-state index in [1.807, 2.05) is 30.0 Å². The first kappa shape index (κ1) is 19.1. The van der Waals surface area contributed by atoms with E-state index in [0.717, 1.165) is 11.1 Å². The van der Waals surface area contributed by atoms with Gasteiger partial charge >= 0.3 is 12.1 Å². The van der Waals surface area contributed by atoms with Crippen LogP contribution in [0.5, 0.6) is 0 Å². The van der Waals surface area contributed by atoms with Gasteiger partial charge in [-0.3, -0.25) is 0 Å². The summed E-state index contributed by atoms with van der Waals surface area (Å²) in [6.45, 7) is 4.57. The lowest BCUT2D eigenvalue weighted by atomic mass is 10.0. The molecule has 7 heteroatoms. The van der Waals surface area contributed by atoms with Gasteiger partial charge in [0.2, 0.25) is 0 Å². The largest absolute Gasteiger partial charge is 0.453 e. The molecule has 29 heavy (non-hydrogen) atoms. The molecule has 3 amide bonds. The van der Waals surface area contributed by atoms with Crippen molar-refractivity contribution in [2.24, 2.45) is 11.8 Å². The second kappa shape index (κ2) is 7.66. The maximum atomic E-state index is 12.8. The minimum absolute atomic E-state index is 0.156. The highest BCUT2D eigenvalue weighted by Gasteiger charge is 2.43. The maximum absolute atomic E-state index is 12.8. The average molecular weight is 394 g/mol. The molecule has 0 aliphatic carbocycles. The van der Waals surface area contributed by atoms with Crippen LogP contribution in [0, 0.1) is 18.8 Å². The summed E-state index contributed by atoms with van der Waals surface area (Å²) < 4.78 is 4.80. The number of nitrogens with two attached hydrogens (primary N) is 1. The molecule has 0 bridgehead atoms. The van der Waals surface area contributed by atoms with E-state index < -0.39 is 0 Å². The van der Waals surface area contributed by atoms with E-state index in [2.05, 4.69) is 29.6 Å². The Morgan fingerprint density at radius 3 is 2.17 bits per heavy atom. The molecule has 4 rings (SSSR count). The molecule has 2 heterocycles. The van der Waals surface area contributed by atoms with Gasteiger partial charge in [-0.2, -0.15) is 0 Å². The van der Waals surface area contributed by atoms with Gasteiger partial charge in [-0.15, -0.1) is 0 Å². The second-order valence-electron chi connectivity index (χ2n) is 7.90. The van der Waals surface area contributed by atoms with Crippen LogP contribution in [-0.4, -0.2) is 55.2 Å². The molecular weight excluding hydrogens is 368 g/mol. The van der Waals surface area contributed by atoms with E-state index in [9.17, 15) is 9.59 Å². The van der Waals surface area contributed by atoms with Gasteiger partial charge in [0, 0.05) is 38.0 Å². The lowest BCUT2D eigenvalue weighted by Crippen LogP contribution is -2.37. The fourth-order valence-corrected chi connectivity index (χ4v) is 4.22. The molecular formula is C22H26N4O3. The number of hydrogen-bond donors (Lipinski definition) is 2. The van der Waals surface area contributed by atoms with Crippen LogP contribution in [-0.2, 0) is 4.74 Å². The van der Waals surface area contributed by atoms with Crippen molar-refractivity contribution < 1.29 is 14.3 Å². The standard InChI is InChI=1S/C22H26N4O3/c1-14-3-5-15(6-4-14)16-7-8-19(23)20(9-16)24-21(27)25-10-17-12-26(22(28)29-2)13-18(17)11-25/h3-9,17-18H,10-13,23H2,1-2H3,(H,24,27). The molecule has 2 saturated heterocycles. The molecule has 3 N–H and O–H groups in total. The van der Waals surface area contributed by atoms with E-state index in [-0.39, 0.29) is 24.0 Å². The van der Waals surface area contributed by atoms with Gasteiger partial charge < -0.3 is 25.6 Å². The molecule has 0 aromatic heterocycles. The number of ether oxygens (including phenoxy) is 1. The number of aryl methyl sites for hydroxylation is 1. The van der Waals surface area contributed by atoms with Crippen molar-refractivity contribution in [2.45, 2.75) is 6.92 Å². The fraction of sp³-hybridized carbons (Fsp3) is 0.364. The number of hydrogen-bond acceptors (Lipinski definition) is 4. The number of carbonyl (C=O) groups excluding carboxylic acids is 2. The van der Waals surface area contributed by atoms with E-state index in [1.165, 1.54) is 12.7 Å². The molecule has 0 saturated carbocycles. The Morgan fingerprint density at radius 2 is 1.55 bits per heavy atom. The number of nitrogens with one attached hydrogen (secondary N) is 1. The molecule has 2 aromatic rings. The van der Waals surface area contributed by atoms with Crippen LogP contribution in [0.2, 0.25) is 0 Å². The molecule has 2 aliphatic heterocycles. The zero-order valence-electron chi connectivity index (χ0n) is 16.7. The van der Waals surface area contributed by atoms with Gasteiger partial charge in [0.25, 0.3) is 0 Å². The number of carbonyl (C=O) groups is 2. The van der Waals surface area contributed by atoms with Crippen LogP contribution < -0.4 is 11.1 Å². The predicted molar refractivity (Wildman–Crippen MR) is 113 cm³/mol. The van der Waals surface area contributed by atoms with Crippen molar-refractivity contribution in [2.75, 3.05) is 44.3 Å². The zero-order chi connectivity index (χ0) is 20.5. The number of amides is 3. The Kier molecular flexibility index (Phi) is 5.05. The highest BCUT2D eigenvalue weighted by molar-refractivity contribution is 5.94. The van der Waals surface area contributed by atoms with Crippen molar-refractivity contribution in [3.8, 4) is 11.1 Å². The van der Waals surface area contributed by atoms with Crippen LogP contribution in [0.1, 0.15) is 5.56 Å². The summed E-state index contributed by atoms with van der Waals surface area (Å²) in [7, 11) is 1.39. The fourth-order valence-electron chi connectivity index (χ4n) is 4.22. The number of anilines is 2. The van der Waals surface area contributed by atoms with Gasteiger partial charge in [-0.25, -0.2) is 9.59 Å². The SMILES string of the molecule is COC(=O)N1CC2CN(C(=O)Nc3cc(-c4ccc(C)cc4)ccc3N)CC2C1. The van der Waals surface area contributed by atoms with Crippen LogP contribution in [0.3, 0.4) is 0 Å². The smallest absolute Gasteiger partial charge is 0.409 e. The molecule has 2 aliphatic rings. The number of nitrogens with zero attached hydrogens (tertiary/aromatic N) is 2. The Hall–Kier alpha value is -3.22. The third-order valence-corrected chi connectivity index (χ3v) is 5.89. The number of urea groups is 1. The zero-order valence-corrected chi connectivity index (χ0v) is 16.7. The van der Waals surface area contributed by atoms with E-state index >= 15 is 0 Å². The Balaban J connectivity index is 1.42. The first-order chi connectivity index (χ1) is 13.9. The summed E-state index contributed by atoms with van der Waals surface area (Å²) in [5.41, 5.74) is 10.5. The highest BCUT2D eigenvalue weighted by Crippen LogP contribution is 2.33. The quantitative estimate of drug-likeness (QED) is 0.764. The molecule has 2 atom stereocenters. The Bertz CT molecular complexity index is 914. The summed E-state index contributed by atoms with van der Waals surface area (Å²) in [6, 6.07) is 13.8. The van der Waals surface area contributed by atoms with Crippen LogP contribution in [0.15, 0.2) is 42.5 Å². The molecule has 2 unspecified atom stereocenters. The minimum atomic E-state index is -0.295. The average Bonchev–Trinajstić information content (AvgIpc) is 3.29. The van der Waals surface area contributed by atoms with Crippen LogP contribution in [0.25, 0.3) is 11.1 Å². The number of fused-ring (bicyclic) bond motifs is 1. The normalized spacial score (nSPS) is 20.5. The van der Waals surface area contributed by atoms with Gasteiger partial charge in [-0.05, 0) is 30.2 Å². The van der Waals surface area contributed by atoms with Gasteiger partial charge in [0.15, 0.2) is 0 Å². The molecule has 0 radical (unpaired) electrons. The summed E-state index contributed by atoms with van der Waals surface area (Å²) in [5, 5.41) is 2.96. The Morgan fingerprint density at radius 1 is 0.966 bits per heavy atom. The van der Waals surface area contributed by atoms with Crippen molar-refractivity contribution in [1.82, 2.24) is 9.80 Å². The Labute approximate surface area is 170 Å². The van der Waals surface area contributed by atoms with Gasteiger partial charge in [0.1, 0.15) is 0 Å². The predicted octanol–water partition coefficient (Wildman–Crippen LogP) is 3.41. The summed E-state index contributed by atoms with van der Waals surface area (Å²) in [5.74, 6) is 0.576. The first-order valence-corrected chi connectivity index (χ1v) is 9.80. The van der Waals surface area contributed by atoms with Crippen molar-refractivity contribution in [1.29, 1.82) is 0 Å². The van der Waals surface area contributed by atoms with Crippen LogP contribution >= 0.6 is 0 Å². The third-order valence-electron chi connectivity index (χ3n) is 5.89. The van der Waals surface area contributed by atoms with E-state index in [4.69, 9.17) is 10.5 Å². The first-order valence-electron chi connectivity index (χ1n) is 9.80. The minimum Gasteiger partial charge on any atom is -0.453 e. The van der Waals surface area contributed by atoms with Crippen molar-refractivity contribution in [3.05, 3.63) is 48.0 Å². The van der Waals surface area contributed by atoms with E-state index in [1.54, 1.807) is 4.90 Å². The molecule has 7 nitrogen and oxygen atoms in total. The summed E-state index contributed by atoms with van der Waals surface area (Å²) in [4.78, 5) is 28.0. The lowest BCUT2D eigenvalue weighted by Gasteiger charge is -2.22. The number of nitrogen functional groups attached to an aromatic ring is 1. The topological polar surface area (TPSA) is 87.9 Å². The van der Waals surface area contributed by atoms with Gasteiger partial charge in [-0.1, -0.05) is 35.9 Å². The summed E-state index contributed by atoms with van der Waals surface area (Å²) >= 11 is 0. The molecule has 0 spiro atoms. The van der Waals surface area contributed by atoms with E-state index in [0.29, 0.717) is 37.6 Å². The lowest BCUT2D eigenvalue weighted by molar-refractivity contribution is 0.128. The van der Waals surface area contributed by atoms with Crippen LogP contribution in [0.4, 0.5) is 21.0 Å². The summed E-state index contributed by atoms with van der Waals surface area (Å²) in [6.07, 6.45) is -0.295. The molecule has 2 aromatic carbocycles. The third kappa shape index (κ3) is 3.85. The molecule has 152 valence electrons. The maximum Gasteiger partial charge on any atom is 0.409 e. The monoisotopic (exact) mass is 394 g/mol. The number of benzene rings is 2. The second-order valence-corrected chi connectivity index (χ2v) is 7.90. The number of likely N-dealkylation sites (tertiary alicyclic amines) is 2. The highest BCUT2D eigenvalue weighted by atomic mass is 16.5. The van der Waals surface area contributed by atoms with Crippen molar-refractivity contribution >= 4 is 23.5 Å². The number of methoxy groups -OCH3 is 1. The number of rotatable bonds is 2.